The average Bonchev–Trinajstić information content (AvgIpc) is 2.62. The molecule has 25 heavy (non-hydrogen) atoms. The lowest BCUT2D eigenvalue weighted by molar-refractivity contribution is 0.174. The first-order chi connectivity index (χ1) is 11.7. The van der Waals surface area contributed by atoms with Gasteiger partial charge in [0.2, 0.25) is 0 Å². The van der Waals surface area contributed by atoms with Crippen LogP contribution in [-0.4, -0.2) is 24.9 Å². The van der Waals surface area contributed by atoms with E-state index in [2.05, 4.69) is 11.9 Å². The Balaban J connectivity index is 0.00000312. The van der Waals surface area contributed by atoms with Crippen LogP contribution in [0.2, 0.25) is 0 Å². The van der Waals surface area contributed by atoms with E-state index in [-0.39, 0.29) is 12.4 Å². The molecule has 1 unspecified atom stereocenters. The number of ether oxygens (including phenoxy) is 2. The first kappa shape index (κ1) is 21.0. The fourth-order valence-corrected chi connectivity index (χ4v) is 2.34. The molecule has 2 aromatic carbocycles. The lowest BCUT2D eigenvalue weighted by Crippen LogP contribution is -2.21. The Kier molecular flexibility index (Phi) is 9.70. The molecule has 1 atom stereocenters. The Labute approximate surface area is 155 Å². The third kappa shape index (κ3) is 6.78. The van der Waals surface area contributed by atoms with E-state index >= 15 is 0 Å². The lowest BCUT2D eigenvalue weighted by Gasteiger charge is -2.14. The van der Waals surface area contributed by atoms with Crippen LogP contribution in [0.5, 0.6) is 11.5 Å². The zero-order valence-corrected chi connectivity index (χ0v) is 15.3. The van der Waals surface area contributed by atoms with E-state index in [0.29, 0.717) is 32.1 Å². The van der Waals surface area contributed by atoms with Gasteiger partial charge in [-0.25, -0.2) is 0 Å². The maximum atomic E-state index is 10.2. The second-order valence-corrected chi connectivity index (χ2v) is 5.37. The summed E-state index contributed by atoms with van der Waals surface area (Å²) in [5.41, 5.74) is 1.98. The molecule has 136 valence electrons. The molecule has 0 saturated heterocycles. The van der Waals surface area contributed by atoms with Crippen LogP contribution < -0.4 is 14.8 Å². The number of rotatable bonds is 10. The first-order valence-electron chi connectivity index (χ1n) is 8.17. The molecule has 0 aliphatic rings. The van der Waals surface area contributed by atoms with Crippen LogP contribution in [0.25, 0.3) is 0 Å². The van der Waals surface area contributed by atoms with Gasteiger partial charge >= 0.3 is 0 Å². The van der Waals surface area contributed by atoms with Gasteiger partial charge in [0.15, 0.2) is 11.5 Å². The summed E-state index contributed by atoms with van der Waals surface area (Å²) in [6.45, 7) is 7.75. The number of hydrogen-bond donors (Lipinski definition) is 2. The summed E-state index contributed by atoms with van der Waals surface area (Å²) in [4.78, 5) is 0. The monoisotopic (exact) mass is 363 g/mol. The van der Waals surface area contributed by atoms with Crippen molar-refractivity contribution in [2.24, 2.45) is 0 Å². The Morgan fingerprint density at radius 2 is 1.88 bits per heavy atom. The van der Waals surface area contributed by atoms with Gasteiger partial charge < -0.3 is 19.9 Å². The van der Waals surface area contributed by atoms with Crippen LogP contribution >= 0.6 is 12.4 Å². The molecule has 0 saturated carbocycles. The molecule has 5 heteroatoms. The molecule has 0 radical (unpaired) electrons. The predicted molar refractivity (Wildman–Crippen MR) is 104 cm³/mol. The molecule has 0 fully saturated rings. The Hall–Kier alpha value is -2.01. The predicted octanol–water partition coefficient (Wildman–Crippen LogP) is 3.90. The van der Waals surface area contributed by atoms with Crippen LogP contribution in [0.1, 0.15) is 24.2 Å². The maximum Gasteiger partial charge on any atom is 0.161 e. The van der Waals surface area contributed by atoms with E-state index < -0.39 is 6.10 Å². The first-order valence-corrected chi connectivity index (χ1v) is 8.17. The summed E-state index contributed by atoms with van der Waals surface area (Å²) in [5, 5.41) is 13.4. The topological polar surface area (TPSA) is 50.7 Å². The zero-order chi connectivity index (χ0) is 17.2. The minimum atomic E-state index is -0.521. The molecule has 0 spiro atoms. The molecule has 0 heterocycles. The fraction of sp³-hybridized carbons (Fsp3) is 0.300. The molecular formula is C20H26ClNO3. The maximum absolute atomic E-state index is 10.2. The van der Waals surface area contributed by atoms with Gasteiger partial charge in [0.1, 0.15) is 6.61 Å². The van der Waals surface area contributed by atoms with Gasteiger partial charge in [-0.1, -0.05) is 49.1 Å². The quantitative estimate of drug-likeness (QED) is 0.629. The minimum absolute atomic E-state index is 0. The van der Waals surface area contributed by atoms with Crippen LogP contribution in [0.15, 0.2) is 61.2 Å². The number of hydrogen-bond acceptors (Lipinski definition) is 4. The molecule has 0 aromatic heterocycles. The normalized spacial score (nSPS) is 11.3. The van der Waals surface area contributed by atoms with E-state index in [1.165, 1.54) is 0 Å². The van der Waals surface area contributed by atoms with Gasteiger partial charge in [-0.3, -0.25) is 0 Å². The van der Waals surface area contributed by atoms with Crippen molar-refractivity contribution in [2.75, 3.05) is 19.8 Å². The summed E-state index contributed by atoms with van der Waals surface area (Å²) in [5.74, 6) is 1.44. The molecule has 4 nitrogen and oxygen atoms in total. The smallest absolute Gasteiger partial charge is 0.161 e. The second-order valence-electron chi connectivity index (χ2n) is 5.37. The van der Waals surface area contributed by atoms with Crippen molar-refractivity contribution in [3.8, 4) is 11.5 Å². The number of nitrogens with one attached hydrogen (secondary N) is 1. The van der Waals surface area contributed by atoms with E-state index in [9.17, 15) is 5.11 Å². The third-order valence-corrected chi connectivity index (χ3v) is 3.52. The molecule has 2 rings (SSSR count). The molecule has 2 aromatic rings. The van der Waals surface area contributed by atoms with Crippen LogP contribution in [-0.2, 0) is 6.54 Å². The van der Waals surface area contributed by atoms with Crippen molar-refractivity contribution in [2.45, 2.75) is 19.6 Å². The van der Waals surface area contributed by atoms with Crippen LogP contribution in [0.4, 0.5) is 0 Å². The summed E-state index contributed by atoms with van der Waals surface area (Å²) in [6, 6.07) is 15.5. The van der Waals surface area contributed by atoms with Gasteiger partial charge in [0, 0.05) is 13.1 Å². The van der Waals surface area contributed by atoms with Gasteiger partial charge in [-0.2, -0.15) is 0 Å². The molecule has 2 N–H and O–H groups in total. The van der Waals surface area contributed by atoms with E-state index in [0.717, 1.165) is 16.9 Å². The Morgan fingerprint density at radius 3 is 2.56 bits per heavy atom. The number of aliphatic hydroxyl groups excluding tert-OH is 1. The molecular weight excluding hydrogens is 338 g/mol. The highest BCUT2D eigenvalue weighted by Gasteiger charge is 2.08. The third-order valence-electron chi connectivity index (χ3n) is 3.52. The zero-order valence-electron chi connectivity index (χ0n) is 14.5. The van der Waals surface area contributed by atoms with Gasteiger partial charge in [-0.15, -0.1) is 12.4 Å². The molecule has 0 bridgehead atoms. The van der Waals surface area contributed by atoms with Crippen molar-refractivity contribution in [3.05, 3.63) is 72.3 Å². The fourth-order valence-electron chi connectivity index (χ4n) is 2.34. The SMILES string of the molecule is C=CCOc1ccc(CNCC(O)c2ccccc2)cc1OCC.Cl. The van der Waals surface area contributed by atoms with Crippen LogP contribution in [0, 0.1) is 0 Å². The lowest BCUT2D eigenvalue weighted by atomic mass is 10.1. The summed E-state index contributed by atoms with van der Waals surface area (Å²) in [6.07, 6.45) is 1.18. The van der Waals surface area contributed by atoms with Crippen molar-refractivity contribution < 1.29 is 14.6 Å². The molecule has 0 amide bonds. The summed E-state index contributed by atoms with van der Waals surface area (Å²) in [7, 11) is 0. The minimum Gasteiger partial charge on any atom is -0.490 e. The number of halogens is 1. The van der Waals surface area contributed by atoms with E-state index in [4.69, 9.17) is 9.47 Å². The highest BCUT2D eigenvalue weighted by Crippen LogP contribution is 2.28. The van der Waals surface area contributed by atoms with Gasteiger partial charge in [0.25, 0.3) is 0 Å². The van der Waals surface area contributed by atoms with Crippen molar-refractivity contribution in [1.82, 2.24) is 5.32 Å². The summed E-state index contributed by atoms with van der Waals surface area (Å²) < 4.78 is 11.2. The van der Waals surface area contributed by atoms with Crippen LogP contribution in [0.3, 0.4) is 0 Å². The van der Waals surface area contributed by atoms with E-state index in [1.54, 1.807) is 6.08 Å². The van der Waals surface area contributed by atoms with Gasteiger partial charge in [-0.05, 0) is 30.2 Å². The largest absolute Gasteiger partial charge is 0.490 e. The summed E-state index contributed by atoms with van der Waals surface area (Å²) >= 11 is 0. The average molecular weight is 364 g/mol. The molecule has 0 aliphatic heterocycles. The van der Waals surface area contributed by atoms with Crippen molar-refractivity contribution >= 4 is 12.4 Å². The Morgan fingerprint density at radius 1 is 1.12 bits per heavy atom. The second kappa shape index (κ2) is 11.5. The van der Waals surface area contributed by atoms with Crippen molar-refractivity contribution in [1.29, 1.82) is 0 Å². The number of aliphatic hydroxyl groups is 1. The molecule has 0 aliphatic carbocycles. The number of benzene rings is 2. The highest BCUT2D eigenvalue weighted by molar-refractivity contribution is 5.85. The Bertz CT molecular complexity index is 634. The van der Waals surface area contributed by atoms with E-state index in [1.807, 2.05) is 55.5 Å². The van der Waals surface area contributed by atoms with Crippen molar-refractivity contribution in [3.63, 3.8) is 0 Å². The standard InChI is InChI=1S/C20H25NO3.ClH/c1-3-12-24-19-11-10-16(13-20(19)23-4-2)14-21-15-18(22)17-8-6-5-7-9-17;/h3,5-11,13,18,21-22H,1,4,12,14-15H2,2H3;1H. The highest BCUT2D eigenvalue weighted by atomic mass is 35.5. The van der Waals surface area contributed by atoms with Gasteiger partial charge in [0.05, 0.1) is 12.7 Å².